The van der Waals surface area contributed by atoms with E-state index in [1.165, 1.54) is 11.1 Å². The molecular weight excluding hydrogens is 398 g/mol. The largest absolute Gasteiger partial charge is 0.413 e. The first-order chi connectivity index (χ1) is 13.5. The van der Waals surface area contributed by atoms with E-state index in [0.717, 1.165) is 25.2 Å². The van der Waals surface area contributed by atoms with E-state index in [1.54, 1.807) is 0 Å². The average molecular weight is 440 g/mol. The van der Waals surface area contributed by atoms with Crippen molar-refractivity contribution in [3.05, 3.63) is 47.3 Å². The molecule has 0 unspecified atom stereocenters. The van der Waals surface area contributed by atoms with Gasteiger partial charge in [-0.25, -0.2) is 0 Å². The third kappa shape index (κ3) is 9.56. The zero-order valence-corrected chi connectivity index (χ0v) is 21.2. The molecule has 1 aromatic rings. The molecule has 0 spiro atoms. The maximum absolute atomic E-state index is 6.43. The Morgan fingerprint density at radius 2 is 1.83 bits per heavy atom. The number of nitrogens with one attached hydrogen (secondary N) is 2. The lowest BCUT2D eigenvalue weighted by Crippen LogP contribution is -2.40. The van der Waals surface area contributed by atoms with E-state index < -0.39 is 8.32 Å². The molecular formula is C23H42ClN3OSi. The second-order valence-electron chi connectivity index (χ2n) is 9.59. The Morgan fingerprint density at radius 1 is 1.21 bits per heavy atom. The molecule has 0 heterocycles. The van der Waals surface area contributed by atoms with Gasteiger partial charge in [-0.15, -0.1) is 11.6 Å². The smallest absolute Gasteiger partial charge is 0.192 e. The molecule has 166 valence electrons. The van der Waals surface area contributed by atoms with Gasteiger partial charge < -0.3 is 20.8 Å². The standard InChI is InChI=1S/C23H42ClN3OSi/c1-18(2)27-22(25)14-10-13-21(15-24)26-16-19-11-8-9-12-20(19)17-28-29(6,7)23(3,4)5/h8-9,11-12,14,18,21,26-27H,10,13,15-17,25H2,1-7H3/b22-14+/t21-/m0/s1. The Bertz CT molecular complexity index is 641. The van der Waals surface area contributed by atoms with Crippen LogP contribution in [0.15, 0.2) is 36.2 Å². The zero-order chi connectivity index (χ0) is 22.1. The number of hydrogen-bond donors (Lipinski definition) is 3. The highest BCUT2D eigenvalue weighted by molar-refractivity contribution is 6.74. The van der Waals surface area contributed by atoms with E-state index in [4.69, 9.17) is 21.8 Å². The van der Waals surface area contributed by atoms with Gasteiger partial charge in [0.05, 0.1) is 12.4 Å². The van der Waals surface area contributed by atoms with Crippen molar-refractivity contribution in [2.75, 3.05) is 5.88 Å². The molecule has 6 heteroatoms. The predicted octanol–water partition coefficient (Wildman–Crippen LogP) is 5.48. The van der Waals surface area contributed by atoms with Crippen LogP contribution < -0.4 is 16.4 Å². The molecule has 0 saturated heterocycles. The van der Waals surface area contributed by atoms with Gasteiger partial charge in [-0.1, -0.05) is 45.0 Å². The number of halogens is 1. The van der Waals surface area contributed by atoms with E-state index >= 15 is 0 Å². The van der Waals surface area contributed by atoms with E-state index in [0.29, 0.717) is 18.5 Å². The summed E-state index contributed by atoms with van der Waals surface area (Å²) in [7, 11) is -1.77. The molecule has 1 aromatic carbocycles. The molecule has 0 bridgehead atoms. The van der Waals surface area contributed by atoms with Crippen molar-refractivity contribution >= 4 is 19.9 Å². The molecule has 0 saturated carbocycles. The lowest BCUT2D eigenvalue weighted by Gasteiger charge is -2.36. The van der Waals surface area contributed by atoms with Crippen molar-refractivity contribution < 1.29 is 4.43 Å². The SMILES string of the molecule is CC(C)N/C(N)=C/CC[C@@H](CCl)NCc1ccccc1CO[Si](C)(C)C(C)(C)C. The lowest BCUT2D eigenvalue weighted by molar-refractivity contribution is 0.275. The van der Waals surface area contributed by atoms with Gasteiger partial charge in [-0.05, 0) is 62.0 Å². The first kappa shape index (κ1) is 26.0. The Labute approximate surface area is 184 Å². The molecule has 0 aliphatic carbocycles. The monoisotopic (exact) mass is 439 g/mol. The van der Waals surface area contributed by atoms with Crippen LogP contribution in [0.25, 0.3) is 0 Å². The predicted molar refractivity (Wildman–Crippen MR) is 130 cm³/mol. The molecule has 0 fully saturated rings. The van der Waals surface area contributed by atoms with Crippen molar-refractivity contribution in [1.29, 1.82) is 0 Å². The summed E-state index contributed by atoms with van der Waals surface area (Å²) in [5, 5.41) is 7.02. The Kier molecular flexibility index (Phi) is 10.8. The van der Waals surface area contributed by atoms with Crippen molar-refractivity contribution in [3.63, 3.8) is 0 Å². The Hall–Kier alpha value is -1.01. The molecule has 4 nitrogen and oxygen atoms in total. The van der Waals surface area contributed by atoms with Crippen LogP contribution in [0.2, 0.25) is 18.1 Å². The van der Waals surface area contributed by atoms with Gasteiger partial charge in [0.2, 0.25) is 0 Å². The van der Waals surface area contributed by atoms with Crippen molar-refractivity contribution in [2.24, 2.45) is 5.73 Å². The summed E-state index contributed by atoms with van der Waals surface area (Å²) in [6.07, 6.45) is 3.89. The normalized spacial score (nSPS) is 14.3. The number of nitrogens with two attached hydrogens (primary N) is 1. The van der Waals surface area contributed by atoms with Gasteiger partial charge >= 0.3 is 0 Å². The van der Waals surface area contributed by atoms with Gasteiger partial charge in [0.1, 0.15) is 0 Å². The number of hydrogen-bond acceptors (Lipinski definition) is 4. The average Bonchev–Trinajstić information content (AvgIpc) is 2.62. The van der Waals surface area contributed by atoms with Crippen LogP contribution >= 0.6 is 11.6 Å². The van der Waals surface area contributed by atoms with Crippen LogP contribution in [0.5, 0.6) is 0 Å². The fourth-order valence-corrected chi connectivity index (χ4v) is 3.88. The van der Waals surface area contributed by atoms with Gasteiger partial charge in [0.15, 0.2) is 8.32 Å². The first-order valence-corrected chi connectivity index (χ1v) is 14.1. The topological polar surface area (TPSA) is 59.3 Å². The number of rotatable bonds is 12. The van der Waals surface area contributed by atoms with Gasteiger partial charge in [0, 0.05) is 24.5 Å². The molecule has 0 aromatic heterocycles. The summed E-state index contributed by atoms with van der Waals surface area (Å²) in [4.78, 5) is 0. The highest BCUT2D eigenvalue weighted by atomic mass is 35.5. The van der Waals surface area contributed by atoms with Gasteiger partial charge in [0.25, 0.3) is 0 Å². The Balaban J connectivity index is 2.62. The Morgan fingerprint density at radius 3 is 2.38 bits per heavy atom. The van der Waals surface area contributed by atoms with Crippen LogP contribution in [-0.2, 0) is 17.6 Å². The fourth-order valence-electron chi connectivity index (χ4n) is 2.67. The maximum atomic E-state index is 6.43. The second kappa shape index (κ2) is 12.0. The number of alkyl halides is 1. The molecule has 4 N–H and O–H groups in total. The van der Waals surface area contributed by atoms with Gasteiger partial charge in [-0.2, -0.15) is 0 Å². The molecule has 0 amide bonds. The fraction of sp³-hybridized carbons (Fsp3) is 0.652. The zero-order valence-electron chi connectivity index (χ0n) is 19.4. The summed E-state index contributed by atoms with van der Waals surface area (Å²) < 4.78 is 6.43. The molecule has 29 heavy (non-hydrogen) atoms. The highest BCUT2D eigenvalue weighted by Crippen LogP contribution is 2.37. The van der Waals surface area contributed by atoms with Crippen molar-refractivity contribution in [2.45, 2.75) is 90.8 Å². The molecule has 1 rings (SSSR count). The minimum atomic E-state index is -1.77. The number of benzene rings is 1. The van der Waals surface area contributed by atoms with Crippen molar-refractivity contribution in [1.82, 2.24) is 10.6 Å². The van der Waals surface area contributed by atoms with Gasteiger partial charge in [-0.3, -0.25) is 0 Å². The third-order valence-corrected chi connectivity index (χ3v) is 10.5. The van der Waals surface area contributed by atoms with E-state index in [9.17, 15) is 0 Å². The quantitative estimate of drug-likeness (QED) is 0.298. The van der Waals surface area contributed by atoms with Crippen LogP contribution in [0.3, 0.4) is 0 Å². The summed E-state index contributed by atoms with van der Waals surface area (Å²) in [5.74, 6) is 1.31. The molecule has 0 aliphatic rings. The van der Waals surface area contributed by atoms with Crippen LogP contribution in [0, 0.1) is 0 Å². The number of allylic oxidation sites excluding steroid dienone is 1. The summed E-state index contributed by atoms with van der Waals surface area (Å²) in [5.41, 5.74) is 8.50. The summed E-state index contributed by atoms with van der Waals surface area (Å²) >= 11 is 6.20. The minimum absolute atomic E-state index is 0.212. The second-order valence-corrected chi connectivity index (χ2v) is 14.7. The van der Waals surface area contributed by atoms with Crippen LogP contribution in [-0.4, -0.2) is 26.3 Å². The summed E-state index contributed by atoms with van der Waals surface area (Å²) in [6, 6.07) is 9.10. The third-order valence-electron chi connectivity index (χ3n) is 5.62. The van der Waals surface area contributed by atoms with E-state index in [-0.39, 0.29) is 11.1 Å². The maximum Gasteiger partial charge on any atom is 0.192 e. The first-order valence-electron chi connectivity index (χ1n) is 10.7. The minimum Gasteiger partial charge on any atom is -0.413 e. The van der Waals surface area contributed by atoms with E-state index in [2.05, 4.69) is 82.6 Å². The molecule has 0 radical (unpaired) electrons. The highest BCUT2D eigenvalue weighted by Gasteiger charge is 2.37. The van der Waals surface area contributed by atoms with Crippen molar-refractivity contribution in [3.8, 4) is 0 Å². The molecule has 1 atom stereocenters. The van der Waals surface area contributed by atoms with E-state index in [1.807, 2.05) is 6.08 Å². The molecule has 0 aliphatic heterocycles. The summed E-state index contributed by atoms with van der Waals surface area (Å²) in [6.45, 7) is 17.0. The van der Waals surface area contributed by atoms with Crippen LogP contribution in [0.1, 0.15) is 58.6 Å². The van der Waals surface area contributed by atoms with Crippen LogP contribution in [0.4, 0.5) is 0 Å². The lowest BCUT2D eigenvalue weighted by atomic mass is 10.1.